The number of halogens is 1. The molecule has 18 heavy (non-hydrogen) atoms. The van der Waals surface area contributed by atoms with Crippen LogP contribution in [0.3, 0.4) is 0 Å². The van der Waals surface area contributed by atoms with Crippen LogP contribution in [-0.2, 0) is 4.74 Å². The molecule has 1 atom stereocenters. The van der Waals surface area contributed by atoms with Gasteiger partial charge in [0.15, 0.2) is 0 Å². The molecule has 0 spiro atoms. The molecule has 0 aromatic heterocycles. The van der Waals surface area contributed by atoms with Crippen molar-refractivity contribution in [2.75, 3.05) is 6.61 Å². The number of rotatable bonds is 4. The number of nitrogens with zero attached hydrogens (tertiary/aromatic N) is 1. The Morgan fingerprint density at radius 1 is 1.39 bits per heavy atom. The molecule has 0 aliphatic heterocycles. The van der Waals surface area contributed by atoms with Gasteiger partial charge in [-0.05, 0) is 24.6 Å². The van der Waals surface area contributed by atoms with E-state index in [2.05, 4.69) is 4.99 Å². The van der Waals surface area contributed by atoms with Gasteiger partial charge in [0.2, 0.25) is 5.85 Å². The molecule has 1 aromatic rings. The third-order valence-electron chi connectivity index (χ3n) is 2.64. The zero-order chi connectivity index (χ0) is 12.8. The number of hydrogen-bond acceptors (Lipinski definition) is 2. The summed E-state index contributed by atoms with van der Waals surface area (Å²) in [4.78, 5) is 4.31. The van der Waals surface area contributed by atoms with Crippen molar-refractivity contribution in [2.24, 2.45) is 4.99 Å². The highest BCUT2D eigenvalue weighted by Crippen LogP contribution is 2.26. The Labute approximate surface area is 107 Å². The van der Waals surface area contributed by atoms with Crippen molar-refractivity contribution >= 4 is 6.21 Å². The van der Waals surface area contributed by atoms with Gasteiger partial charge in [0.1, 0.15) is 0 Å². The number of alkyl halides is 1. The molecule has 1 aromatic carbocycles. The fraction of sp³-hybridized carbons (Fsp3) is 0.267. The molecule has 0 heterocycles. The first-order valence-corrected chi connectivity index (χ1v) is 6.03. The van der Waals surface area contributed by atoms with Gasteiger partial charge in [-0.15, -0.1) is 0 Å². The lowest BCUT2D eigenvalue weighted by molar-refractivity contribution is -0.0996. The molecule has 0 amide bonds. The number of aliphatic imine (C=N–C) groups is 1. The molecule has 3 heteroatoms. The second-order valence-electron chi connectivity index (χ2n) is 4.05. The fourth-order valence-corrected chi connectivity index (χ4v) is 1.72. The second kappa shape index (κ2) is 5.74. The van der Waals surface area contributed by atoms with E-state index in [-0.39, 0.29) is 6.42 Å². The van der Waals surface area contributed by atoms with E-state index in [9.17, 15) is 4.39 Å². The molecule has 94 valence electrons. The smallest absolute Gasteiger partial charge is 0.232 e. The second-order valence-corrected chi connectivity index (χ2v) is 4.05. The normalized spacial score (nSPS) is 23.3. The van der Waals surface area contributed by atoms with Crippen LogP contribution in [0.15, 0.2) is 59.2 Å². The minimum atomic E-state index is -1.67. The predicted molar refractivity (Wildman–Crippen MR) is 71.3 cm³/mol. The first-order chi connectivity index (χ1) is 8.72. The number of hydrogen-bond donors (Lipinski definition) is 0. The van der Waals surface area contributed by atoms with Crippen LogP contribution < -0.4 is 0 Å². The molecule has 0 saturated carbocycles. The van der Waals surface area contributed by atoms with Gasteiger partial charge >= 0.3 is 0 Å². The standard InChI is InChI=1S/C15H16FNO/c1-2-18-15(16)10-8-14(9-11-15)17-12-13-6-4-3-5-7-13/h3-10,12H,2,11H2,1H3. The fourth-order valence-electron chi connectivity index (χ4n) is 1.72. The van der Waals surface area contributed by atoms with Crippen molar-refractivity contribution in [1.29, 1.82) is 0 Å². The van der Waals surface area contributed by atoms with E-state index in [1.807, 2.05) is 30.3 Å². The Morgan fingerprint density at radius 2 is 2.17 bits per heavy atom. The zero-order valence-electron chi connectivity index (χ0n) is 10.3. The summed E-state index contributed by atoms with van der Waals surface area (Å²) >= 11 is 0. The van der Waals surface area contributed by atoms with Crippen molar-refractivity contribution in [3.8, 4) is 0 Å². The highest BCUT2D eigenvalue weighted by atomic mass is 19.2. The van der Waals surface area contributed by atoms with Crippen LogP contribution in [0.1, 0.15) is 18.9 Å². The first kappa shape index (κ1) is 12.7. The summed E-state index contributed by atoms with van der Waals surface area (Å²) < 4.78 is 18.9. The molecule has 2 nitrogen and oxygen atoms in total. The van der Waals surface area contributed by atoms with Crippen LogP contribution in [0.2, 0.25) is 0 Å². The van der Waals surface area contributed by atoms with Gasteiger partial charge in [0.05, 0.1) is 5.70 Å². The quantitative estimate of drug-likeness (QED) is 0.742. The minimum Gasteiger partial charge on any atom is -0.343 e. The highest BCUT2D eigenvalue weighted by Gasteiger charge is 2.27. The summed E-state index contributed by atoms with van der Waals surface area (Å²) in [6.07, 6.45) is 6.79. The van der Waals surface area contributed by atoms with Crippen LogP contribution in [0, 0.1) is 0 Å². The first-order valence-electron chi connectivity index (χ1n) is 6.03. The summed E-state index contributed by atoms with van der Waals surface area (Å²) in [5.41, 5.74) is 1.78. The van der Waals surface area contributed by atoms with E-state index in [1.165, 1.54) is 6.08 Å². The SMILES string of the molecule is CCOC1(F)C=CC(N=Cc2ccccc2)=CC1. The molecule has 0 radical (unpaired) electrons. The predicted octanol–water partition coefficient (Wildman–Crippen LogP) is 3.65. The van der Waals surface area contributed by atoms with Gasteiger partial charge in [-0.3, -0.25) is 4.99 Å². The van der Waals surface area contributed by atoms with Crippen molar-refractivity contribution in [2.45, 2.75) is 19.2 Å². The van der Waals surface area contributed by atoms with E-state index in [4.69, 9.17) is 4.74 Å². The van der Waals surface area contributed by atoms with Crippen LogP contribution in [-0.4, -0.2) is 18.7 Å². The number of ether oxygens (including phenoxy) is 1. The molecule has 1 aliphatic carbocycles. The van der Waals surface area contributed by atoms with Crippen molar-refractivity contribution in [3.05, 3.63) is 59.8 Å². The molecule has 0 fully saturated rings. The molecular weight excluding hydrogens is 229 g/mol. The number of benzene rings is 1. The van der Waals surface area contributed by atoms with Gasteiger partial charge in [-0.1, -0.05) is 36.4 Å². The molecule has 0 saturated heterocycles. The van der Waals surface area contributed by atoms with Crippen LogP contribution in [0.4, 0.5) is 4.39 Å². The van der Waals surface area contributed by atoms with Gasteiger partial charge in [0, 0.05) is 19.2 Å². The van der Waals surface area contributed by atoms with Gasteiger partial charge in [0.25, 0.3) is 0 Å². The van der Waals surface area contributed by atoms with Gasteiger partial charge in [-0.2, -0.15) is 0 Å². The highest BCUT2D eigenvalue weighted by molar-refractivity contribution is 5.80. The summed E-state index contributed by atoms with van der Waals surface area (Å²) in [6, 6.07) is 9.80. The lowest BCUT2D eigenvalue weighted by Crippen LogP contribution is -2.25. The largest absolute Gasteiger partial charge is 0.343 e. The van der Waals surface area contributed by atoms with Crippen LogP contribution in [0.5, 0.6) is 0 Å². The Kier molecular flexibility index (Phi) is 4.05. The summed E-state index contributed by atoms with van der Waals surface area (Å²) in [5, 5.41) is 0. The average Bonchev–Trinajstić information content (AvgIpc) is 2.40. The minimum absolute atomic E-state index is 0.207. The molecule has 1 unspecified atom stereocenters. The van der Waals surface area contributed by atoms with Crippen molar-refractivity contribution in [3.63, 3.8) is 0 Å². The summed E-state index contributed by atoms with van der Waals surface area (Å²) in [5.74, 6) is -1.67. The zero-order valence-corrected chi connectivity index (χ0v) is 10.3. The monoisotopic (exact) mass is 245 g/mol. The Bertz CT molecular complexity index is 479. The molecule has 2 rings (SSSR count). The maximum absolute atomic E-state index is 13.9. The van der Waals surface area contributed by atoms with E-state index in [0.717, 1.165) is 11.3 Å². The van der Waals surface area contributed by atoms with E-state index in [1.54, 1.807) is 25.3 Å². The summed E-state index contributed by atoms with van der Waals surface area (Å²) in [6.45, 7) is 2.14. The van der Waals surface area contributed by atoms with Gasteiger partial charge in [-0.25, -0.2) is 4.39 Å². The van der Waals surface area contributed by atoms with Crippen LogP contribution in [0.25, 0.3) is 0 Å². The lowest BCUT2D eigenvalue weighted by Gasteiger charge is -2.22. The maximum atomic E-state index is 13.9. The van der Waals surface area contributed by atoms with E-state index >= 15 is 0 Å². The van der Waals surface area contributed by atoms with E-state index < -0.39 is 5.85 Å². The maximum Gasteiger partial charge on any atom is 0.232 e. The molecule has 1 aliphatic rings. The molecular formula is C15H16FNO. The van der Waals surface area contributed by atoms with Gasteiger partial charge < -0.3 is 4.74 Å². The summed E-state index contributed by atoms with van der Waals surface area (Å²) in [7, 11) is 0. The van der Waals surface area contributed by atoms with Crippen molar-refractivity contribution < 1.29 is 9.13 Å². The Balaban J connectivity index is 2.00. The molecule has 0 N–H and O–H groups in total. The third-order valence-corrected chi connectivity index (χ3v) is 2.64. The Morgan fingerprint density at radius 3 is 2.78 bits per heavy atom. The van der Waals surface area contributed by atoms with Crippen molar-refractivity contribution in [1.82, 2.24) is 0 Å². The molecule has 0 bridgehead atoms. The Hall–Kier alpha value is -1.74. The third kappa shape index (κ3) is 3.37. The lowest BCUT2D eigenvalue weighted by atomic mass is 10.1. The average molecular weight is 245 g/mol. The van der Waals surface area contributed by atoms with Crippen LogP contribution >= 0.6 is 0 Å². The number of allylic oxidation sites excluding steroid dienone is 1. The topological polar surface area (TPSA) is 21.6 Å². The van der Waals surface area contributed by atoms with E-state index in [0.29, 0.717) is 6.61 Å².